The molecule has 0 spiro atoms. The van der Waals surface area contributed by atoms with E-state index in [0.717, 1.165) is 16.0 Å². The zero-order valence-corrected chi connectivity index (χ0v) is 14.0. The van der Waals surface area contributed by atoms with Gasteiger partial charge in [0.25, 0.3) is 5.91 Å². The van der Waals surface area contributed by atoms with Crippen molar-refractivity contribution in [3.63, 3.8) is 0 Å². The van der Waals surface area contributed by atoms with Crippen LogP contribution in [0.2, 0.25) is 0 Å². The summed E-state index contributed by atoms with van der Waals surface area (Å²) in [4.78, 5) is 15.1. The Labute approximate surface area is 130 Å². The molecule has 21 heavy (non-hydrogen) atoms. The minimum atomic E-state index is -0.0419. The molecule has 0 bridgehead atoms. The molecule has 0 aliphatic carbocycles. The average Bonchev–Trinajstić information content (AvgIpc) is 2.72. The Morgan fingerprint density at radius 1 is 1.19 bits per heavy atom. The van der Waals surface area contributed by atoms with Crippen LogP contribution < -0.4 is 5.73 Å². The van der Waals surface area contributed by atoms with E-state index in [-0.39, 0.29) is 5.91 Å². The van der Waals surface area contributed by atoms with Gasteiger partial charge in [0.05, 0.1) is 10.6 Å². The highest BCUT2D eigenvalue weighted by molar-refractivity contribution is 7.16. The summed E-state index contributed by atoms with van der Waals surface area (Å²) in [5, 5.41) is 0.592. The second-order valence-electron chi connectivity index (χ2n) is 5.75. The summed E-state index contributed by atoms with van der Waals surface area (Å²) in [5.41, 5.74) is 10.00. The highest BCUT2D eigenvalue weighted by Gasteiger charge is 2.22. The van der Waals surface area contributed by atoms with Crippen LogP contribution in [-0.2, 0) is 0 Å². The number of hydrogen-bond donors (Lipinski definition) is 1. The number of carbonyl (C=O) groups excluding carboxylic acids is 1. The van der Waals surface area contributed by atoms with Crippen LogP contribution in [0.5, 0.6) is 0 Å². The summed E-state index contributed by atoms with van der Waals surface area (Å²) in [6, 6.07) is 8.40. The number of carbonyl (C=O) groups is 1. The Kier molecular flexibility index (Phi) is 4.37. The number of amides is 1. The number of aryl methyl sites for hydroxylation is 1. The van der Waals surface area contributed by atoms with Gasteiger partial charge >= 0.3 is 0 Å². The summed E-state index contributed by atoms with van der Waals surface area (Å²) in [5.74, 6) is 0.454. The van der Waals surface area contributed by atoms with Crippen LogP contribution in [0.15, 0.2) is 24.3 Å². The van der Waals surface area contributed by atoms with Gasteiger partial charge in [0.15, 0.2) is 0 Å². The summed E-state index contributed by atoms with van der Waals surface area (Å²) in [7, 11) is 3.50. The first-order chi connectivity index (χ1) is 9.82. The summed E-state index contributed by atoms with van der Waals surface area (Å²) in [6.07, 6.45) is 0. The van der Waals surface area contributed by atoms with Crippen molar-refractivity contribution >= 4 is 22.2 Å². The van der Waals surface area contributed by atoms with Crippen LogP contribution in [0.1, 0.15) is 40.6 Å². The van der Waals surface area contributed by atoms with Crippen molar-refractivity contribution in [2.24, 2.45) is 0 Å². The van der Waals surface area contributed by atoms with Crippen molar-refractivity contribution in [3.8, 4) is 11.1 Å². The van der Waals surface area contributed by atoms with Gasteiger partial charge in [-0.25, -0.2) is 0 Å². The second kappa shape index (κ2) is 5.90. The van der Waals surface area contributed by atoms with Gasteiger partial charge in [0, 0.05) is 24.5 Å². The largest absolute Gasteiger partial charge is 0.390 e. The van der Waals surface area contributed by atoms with E-state index in [2.05, 4.69) is 38.1 Å². The Morgan fingerprint density at radius 2 is 1.76 bits per heavy atom. The van der Waals surface area contributed by atoms with Crippen LogP contribution in [0.4, 0.5) is 5.00 Å². The predicted octanol–water partition coefficient (Wildman–Crippen LogP) is 4.13. The molecule has 0 saturated heterocycles. The molecule has 0 atom stereocenters. The molecule has 112 valence electrons. The molecular weight excluding hydrogens is 280 g/mol. The third-order valence-electron chi connectivity index (χ3n) is 3.60. The van der Waals surface area contributed by atoms with Gasteiger partial charge in [-0.3, -0.25) is 4.79 Å². The number of nitrogens with zero attached hydrogens (tertiary/aromatic N) is 1. The summed E-state index contributed by atoms with van der Waals surface area (Å²) < 4.78 is 0. The molecular formula is C17H22N2OS. The van der Waals surface area contributed by atoms with Crippen LogP contribution in [0.3, 0.4) is 0 Å². The number of nitrogens with two attached hydrogens (primary N) is 1. The zero-order chi connectivity index (χ0) is 15.7. The Morgan fingerprint density at radius 3 is 2.24 bits per heavy atom. The average molecular weight is 302 g/mol. The fourth-order valence-corrected chi connectivity index (χ4v) is 3.33. The minimum absolute atomic E-state index is 0.0419. The molecule has 2 aromatic rings. The third-order valence-corrected chi connectivity index (χ3v) is 4.53. The van der Waals surface area contributed by atoms with E-state index in [1.165, 1.54) is 16.9 Å². The van der Waals surface area contributed by atoms with E-state index >= 15 is 0 Å². The van der Waals surface area contributed by atoms with Gasteiger partial charge < -0.3 is 10.6 Å². The molecule has 3 nitrogen and oxygen atoms in total. The molecule has 1 heterocycles. The van der Waals surface area contributed by atoms with Crippen molar-refractivity contribution < 1.29 is 4.79 Å². The van der Waals surface area contributed by atoms with E-state index < -0.39 is 0 Å². The van der Waals surface area contributed by atoms with Crippen molar-refractivity contribution in [1.29, 1.82) is 0 Å². The maximum absolute atomic E-state index is 12.4. The quantitative estimate of drug-likeness (QED) is 0.926. The Balaban J connectivity index is 2.55. The van der Waals surface area contributed by atoms with Crippen molar-refractivity contribution in [2.75, 3.05) is 19.8 Å². The number of rotatable bonds is 3. The molecule has 1 aromatic heterocycles. The molecule has 2 N–H and O–H groups in total. The van der Waals surface area contributed by atoms with Crippen LogP contribution in [0, 0.1) is 6.92 Å². The zero-order valence-electron chi connectivity index (χ0n) is 13.2. The van der Waals surface area contributed by atoms with Crippen LogP contribution >= 0.6 is 11.3 Å². The minimum Gasteiger partial charge on any atom is -0.390 e. The monoisotopic (exact) mass is 302 g/mol. The van der Waals surface area contributed by atoms with Crippen molar-refractivity contribution in [2.45, 2.75) is 26.7 Å². The topological polar surface area (TPSA) is 46.3 Å². The lowest BCUT2D eigenvalue weighted by Crippen LogP contribution is -2.22. The number of benzene rings is 1. The molecule has 2 rings (SSSR count). The normalized spacial score (nSPS) is 11.0. The van der Waals surface area contributed by atoms with Gasteiger partial charge in [0.1, 0.15) is 0 Å². The number of anilines is 1. The summed E-state index contributed by atoms with van der Waals surface area (Å²) in [6.45, 7) is 6.35. The maximum atomic E-state index is 12.4. The Bertz CT molecular complexity index is 654. The molecule has 1 amide bonds. The van der Waals surface area contributed by atoms with Gasteiger partial charge in [-0.2, -0.15) is 0 Å². The smallest absolute Gasteiger partial charge is 0.256 e. The van der Waals surface area contributed by atoms with Gasteiger partial charge in [-0.05, 0) is 24.0 Å². The first-order valence-electron chi connectivity index (χ1n) is 7.03. The summed E-state index contributed by atoms with van der Waals surface area (Å²) >= 11 is 1.48. The van der Waals surface area contributed by atoms with Crippen LogP contribution in [-0.4, -0.2) is 24.9 Å². The molecule has 0 aliphatic rings. The fourth-order valence-electron chi connectivity index (χ4n) is 2.38. The number of thiophene rings is 1. The third kappa shape index (κ3) is 2.95. The number of nitrogen functional groups attached to an aromatic ring is 1. The molecule has 0 unspecified atom stereocenters. The fraction of sp³-hybridized carbons (Fsp3) is 0.353. The second-order valence-corrected chi connectivity index (χ2v) is 7.01. The highest BCUT2D eigenvalue weighted by atomic mass is 32.1. The molecule has 0 saturated carbocycles. The predicted molar refractivity (Wildman–Crippen MR) is 91.0 cm³/mol. The lowest BCUT2D eigenvalue weighted by Gasteiger charge is -2.13. The van der Waals surface area contributed by atoms with E-state index in [0.29, 0.717) is 16.5 Å². The van der Waals surface area contributed by atoms with Gasteiger partial charge in [0.2, 0.25) is 0 Å². The molecule has 0 aliphatic heterocycles. The van der Waals surface area contributed by atoms with Crippen LogP contribution in [0.25, 0.3) is 11.1 Å². The molecule has 1 aromatic carbocycles. The van der Waals surface area contributed by atoms with E-state index in [1.807, 2.05) is 6.92 Å². The highest BCUT2D eigenvalue weighted by Crippen LogP contribution is 2.39. The van der Waals surface area contributed by atoms with E-state index in [9.17, 15) is 4.79 Å². The SMILES string of the molecule is Cc1sc(N)c(C(=O)N(C)C)c1-c1ccc(C(C)C)cc1. The Hall–Kier alpha value is -1.81. The maximum Gasteiger partial charge on any atom is 0.256 e. The standard InChI is InChI=1S/C17H22N2OS/c1-10(2)12-6-8-13(9-7-12)14-11(3)21-16(18)15(14)17(20)19(4)5/h6-10H,18H2,1-5H3. The first kappa shape index (κ1) is 15.6. The van der Waals surface area contributed by atoms with Gasteiger partial charge in [-0.1, -0.05) is 38.1 Å². The van der Waals surface area contributed by atoms with Crippen molar-refractivity contribution in [3.05, 3.63) is 40.3 Å². The molecule has 0 fully saturated rings. The first-order valence-corrected chi connectivity index (χ1v) is 7.85. The van der Waals surface area contributed by atoms with Gasteiger partial charge in [-0.15, -0.1) is 11.3 Å². The molecule has 4 heteroatoms. The van der Waals surface area contributed by atoms with E-state index in [4.69, 9.17) is 5.73 Å². The molecule has 0 radical (unpaired) electrons. The van der Waals surface area contributed by atoms with E-state index in [1.54, 1.807) is 19.0 Å². The lowest BCUT2D eigenvalue weighted by atomic mass is 9.96. The number of hydrogen-bond acceptors (Lipinski definition) is 3. The lowest BCUT2D eigenvalue weighted by molar-refractivity contribution is 0.0829. The van der Waals surface area contributed by atoms with Crippen molar-refractivity contribution in [1.82, 2.24) is 4.90 Å².